The van der Waals surface area contributed by atoms with Crippen molar-refractivity contribution in [3.05, 3.63) is 34.9 Å². The lowest BCUT2D eigenvalue weighted by Gasteiger charge is -2.17. The van der Waals surface area contributed by atoms with Crippen LogP contribution in [0.4, 0.5) is 0 Å². The van der Waals surface area contributed by atoms with Crippen LogP contribution in [0.1, 0.15) is 51.3 Å². The van der Waals surface area contributed by atoms with Crippen LogP contribution in [-0.4, -0.2) is 0 Å². The normalized spacial score (nSPS) is 11.4. The lowest BCUT2D eigenvalue weighted by molar-refractivity contribution is 0.612. The molecule has 16 heavy (non-hydrogen) atoms. The van der Waals surface area contributed by atoms with E-state index in [4.69, 9.17) is 0 Å². The minimum atomic E-state index is 0.748. The minimum Gasteiger partial charge on any atom is -0.0625 e. The molecule has 0 N–H and O–H groups in total. The molecule has 0 heteroatoms. The van der Waals surface area contributed by atoms with Gasteiger partial charge in [-0.15, -0.1) is 0 Å². The lowest BCUT2D eigenvalue weighted by atomic mass is 9.88. The summed E-state index contributed by atoms with van der Waals surface area (Å²) in [6.45, 7) is 11.5. The van der Waals surface area contributed by atoms with Crippen LogP contribution < -0.4 is 0 Å². The molecule has 0 aromatic heterocycles. The zero-order valence-corrected chi connectivity index (χ0v) is 11.5. The van der Waals surface area contributed by atoms with Crippen LogP contribution in [0.15, 0.2) is 18.2 Å². The molecule has 90 valence electrons. The summed E-state index contributed by atoms with van der Waals surface area (Å²) in [4.78, 5) is 0. The van der Waals surface area contributed by atoms with Gasteiger partial charge in [0.1, 0.15) is 0 Å². The SMILES string of the molecule is CCc1cccc(CC(C)C)c1CC(C)C. The van der Waals surface area contributed by atoms with Gasteiger partial charge in [0.05, 0.1) is 0 Å². The van der Waals surface area contributed by atoms with Crippen LogP contribution in [0.2, 0.25) is 0 Å². The number of hydrogen-bond donors (Lipinski definition) is 0. The standard InChI is InChI=1S/C16H26/c1-6-14-8-7-9-15(10-12(2)3)16(14)11-13(4)5/h7-9,12-13H,6,10-11H2,1-5H3. The maximum atomic E-state index is 2.32. The third kappa shape index (κ3) is 3.66. The Morgan fingerprint density at radius 3 is 1.94 bits per heavy atom. The number of benzene rings is 1. The Bertz CT molecular complexity index is 321. The first-order valence-corrected chi connectivity index (χ1v) is 6.64. The summed E-state index contributed by atoms with van der Waals surface area (Å²) >= 11 is 0. The molecule has 0 heterocycles. The second-order valence-electron chi connectivity index (χ2n) is 5.60. The first-order chi connectivity index (χ1) is 7.54. The average molecular weight is 218 g/mol. The Hall–Kier alpha value is -0.780. The fraction of sp³-hybridized carbons (Fsp3) is 0.625. The van der Waals surface area contributed by atoms with Gasteiger partial charge in [-0.1, -0.05) is 52.8 Å². The Kier molecular flexibility index (Phi) is 5.05. The van der Waals surface area contributed by atoms with Gasteiger partial charge in [-0.25, -0.2) is 0 Å². The molecule has 1 rings (SSSR count). The highest BCUT2D eigenvalue weighted by Gasteiger charge is 2.10. The zero-order valence-electron chi connectivity index (χ0n) is 11.5. The molecule has 0 unspecified atom stereocenters. The van der Waals surface area contributed by atoms with E-state index in [0.29, 0.717) is 0 Å². The van der Waals surface area contributed by atoms with Crippen LogP contribution in [0.25, 0.3) is 0 Å². The molecule has 0 saturated carbocycles. The molecule has 0 aliphatic rings. The van der Waals surface area contributed by atoms with E-state index in [0.717, 1.165) is 18.3 Å². The van der Waals surface area contributed by atoms with Gasteiger partial charge in [-0.2, -0.15) is 0 Å². The first-order valence-electron chi connectivity index (χ1n) is 6.64. The zero-order chi connectivity index (χ0) is 12.1. The molecule has 0 radical (unpaired) electrons. The van der Waals surface area contributed by atoms with Crippen LogP contribution in [0.5, 0.6) is 0 Å². The maximum Gasteiger partial charge on any atom is -0.0250 e. The monoisotopic (exact) mass is 218 g/mol. The van der Waals surface area contributed by atoms with Crippen molar-refractivity contribution >= 4 is 0 Å². The predicted molar refractivity (Wildman–Crippen MR) is 72.9 cm³/mol. The molecule has 0 bridgehead atoms. The second kappa shape index (κ2) is 6.08. The Morgan fingerprint density at radius 2 is 1.44 bits per heavy atom. The number of hydrogen-bond acceptors (Lipinski definition) is 0. The van der Waals surface area contributed by atoms with Gasteiger partial charge >= 0.3 is 0 Å². The highest BCUT2D eigenvalue weighted by atomic mass is 14.1. The van der Waals surface area contributed by atoms with Crippen LogP contribution in [-0.2, 0) is 19.3 Å². The Labute approximate surface area is 101 Å². The fourth-order valence-corrected chi connectivity index (χ4v) is 2.32. The first kappa shape index (κ1) is 13.3. The van der Waals surface area contributed by atoms with Crippen molar-refractivity contribution in [2.75, 3.05) is 0 Å². The second-order valence-corrected chi connectivity index (χ2v) is 5.60. The number of rotatable bonds is 5. The van der Waals surface area contributed by atoms with Crippen molar-refractivity contribution in [1.29, 1.82) is 0 Å². The Morgan fingerprint density at radius 1 is 0.875 bits per heavy atom. The summed E-state index contributed by atoms with van der Waals surface area (Å²) in [5, 5.41) is 0. The van der Waals surface area contributed by atoms with Crippen LogP contribution in [0.3, 0.4) is 0 Å². The van der Waals surface area contributed by atoms with Gasteiger partial charge in [0, 0.05) is 0 Å². The topological polar surface area (TPSA) is 0 Å². The molecule has 1 aromatic rings. The molecule has 0 spiro atoms. The summed E-state index contributed by atoms with van der Waals surface area (Å²) in [6, 6.07) is 6.83. The third-order valence-corrected chi connectivity index (χ3v) is 2.99. The van der Waals surface area contributed by atoms with Crippen molar-refractivity contribution in [3.63, 3.8) is 0 Å². The molecule has 0 aliphatic carbocycles. The highest BCUT2D eigenvalue weighted by molar-refractivity contribution is 5.36. The fourth-order valence-electron chi connectivity index (χ4n) is 2.32. The van der Waals surface area contributed by atoms with E-state index < -0.39 is 0 Å². The van der Waals surface area contributed by atoms with Gasteiger partial charge < -0.3 is 0 Å². The highest BCUT2D eigenvalue weighted by Crippen LogP contribution is 2.22. The van der Waals surface area contributed by atoms with Gasteiger partial charge in [0.15, 0.2) is 0 Å². The molecular weight excluding hydrogens is 192 g/mol. The summed E-state index contributed by atoms with van der Waals surface area (Å²) in [5.74, 6) is 1.50. The molecule has 1 aromatic carbocycles. The van der Waals surface area contributed by atoms with Gasteiger partial charge in [0.2, 0.25) is 0 Å². The van der Waals surface area contributed by atoms with E-state index in [1.54, 1.807) is 16.7 Å². The smallest absolute Gasteiger partial charge is 0.0250 e. The largest absolute Gasteiger partial charge is 0.0625 e. The molecule has 0 amide bonds. The van der Waals surface area contributed by atoms with Gasteiger partial charge in [-0.05, 0) is 47.8 Å². The van der Waals surface area contributed by atoms with E-state index in [9.17, 15) is 0 Å². The van der Waals surface area contributed by atoms with E-state index >= 15 is 0 Å². The average Bonchev–Trinajstić information content (AvgIpc) is 2.19. The quantitative estimate of drug-likeness (QED) is 0.675. The summed E-state index contributed by atoms with van der Waals surface area (Å²) in [6.07, 6.45) is 3.61. The summed E-state index contributed by atoms with van der Waals surface area (Å²) in [7, 11) is 0. The van der Waals surface area contributed by atoms with Crippen LogP contribution >= 0.6 is 0 Å². The van der Waals surface area contributed by atoms with Crippen molar-refractivity contribution in [2.45, 2.75) is 53.9 Å². The third-order valence-electron chi connectivity index (χ3n) is 2.99. The Balaban J connectivity index is 3.04. The van der Waals surface area contributed by atoms with Gasteiger partial charge in [0.25, 0.3) is 0 Å². The molecule has 0 fully saturated rings. The van der Waals surface area contributed by atoms with Crippen molar-refractivity contribution < 1.29 is 0 Å². The molecule has 0 nitrogen and oxygen atoms in total. The molecule has 0 aliphatic heterocycles. The van der Waals surface area contributed by atoms with Crippen LogP contribution in [0, 0.1) is 11.8 Å². The number of aryl methyl sites for hydroxylation is 1. The summed E-state index contributed by atoms with van der Waals surface area (Å²) in [5.41, 5.74) is 4.74. The molecule has 0 saturated heterocycles. The van der Waals surface area contributed by atoms with E-state index in [-0.39, 0.29) is 0 Å². The molecule has 0 atom stereocenters. The lowest BCUT2D eigenvalue weighted by Crippen LogP contribution is -2.06. The van der Waals surface area contributed by atoms with Gasteiger partial charge in [-0.3, -0.25) is 0 Å². The van der Waals surface area contributed by atoms with E-state index in [1.807, 2.05) is 0 Å². The van der Waals surface area contributed by atoms with Crippen molar-refractivity contribution in [2.24, 2.45) is 11.8 Å². The minimum absolute atomic E-state index is 0.748. The molecular formula is C16H26. The maximum absolute atomic E-state index is 2.32. The van der Waals surface area contributed by atoms with Crippen molar-refractivity contribution in [1.82, 2.24) is 0 Å². The van der Waals surface area contributed by atoms with E-state index in [1.165, 1.54) is 12.8 Å². The van der Waals surface area contributed by atoms with E-state index in [2.05, 4.69) is 52.8 Å². The predicted octanol–water partition coefficient (Wildman–Crippen LogP) is 4.65. The van der Waals surface area contributed by atoms with Crippen molar-refractivity contribution in [3.8, 4) is 0 Å². The summed E-state index contributed by atoms with van der Waals surface area (Å²) < 4.78 is 0.